The highest BCUT2D eigenvalue weighted by Crippen LogP contribution is 2.36. The van der Waals surface area contributed by atoms with Crippen LogP contribution < -0.4 is 5.56 Å². The van der Waals surface area contributed by atoms with Crippen molar-refractivity contribution in [2.24, 2.45) is 0 Å². The van der Waals surface area contributed by atoms with Gasteiger partial charge >= 0.3 is 0 Å². The molecule has 4 rings (SSSR count). The van der Waals surface area contributed by atoms with Gasteiger partial charge in [-0.2, -0.15) is 0 Å². The lowest BCUT2D eigenvalue weighted by Gasteiger charge is -2.19. The number of para-hydroxylation sites is 1. The van der Waals surface area contributed by atoms with Crippen LogP contribution in [0.25, 0.3) is 23.3 Å². The van der Waals surface area contributed by atoms with E-state index in [2.05, 4.69) is 20.9 Å². The van der Waals surface area contributed by atoms with E-state index in [1.165, 1.54) is 42.5 Å². The minimum Gasteiger partial charge on any atom is -0.325 e. The standard InChI is InChI=1S/C24H16BrFN2O4/c25-15-10-11-19-17(13-15)22(16-6-2-3-7-18(16)26)23(24(30)27-19)21(29)12-9-14-5-1-4-8-20(14)28(31)32/h1-9,12-13H,10-11H2,(H,27,30). The minimum atomic E-state index is -0.680. The van der Waals surface area contributed by atoms with Crippen molar-refractivity contribution in [3.05, 3.63) is 108 Å². The first-order chi connectivity index (χ1) is 15.4. The van der Waals surface area contributed by atoms with Gasteiger partial charge in [0, 0.05) is 28.5 Å². The number of nitrogens with one attached hydrogen (secondary N) is 1. The molecule has 1 aliphatic rings. The van der Waals surface area contributed by atoms with Gasteiger partial charge in [0.05, 0.1) is 16.1 Å². The van der Waals surface area contributed by atoms with Crippen LogP contribution in [0, 0.1) is 15.9 Å². The number of hydrogen-bond acceptors (Lipinski definition) is 4. The van der Waals surface area contributed by atoms with Gasteiger partial charge in [0.1, 0.15) is 5.82 Å². The lowest BCUT2D eigenvalue weighted by molar-refractivity contribution is -0.385. The molecule has 0 radical (unpaired) electrons. The summed E-state index contributed by atoms with van der Waals surface area (Å²) >= 11 is 3.46. The van der Waals surface area contributed by atoms with Crippen LogP contribution in [-0.2, 0) is 6.42 Å². The van der Waals surface area contributed by atoms with E-state index in [0.717, 1.165) is 10.6 Å². The van der Waals surface area contributed by atoms with Crippen molar-refractivity contribution in [1.29, 1.82) is 0 Å². The molecule has 0 fully saturated rings. The zero-order valence-electron chi connectivity index (χ0n) is 16.6. The molecule has 1 heterocycles. The van der Waals surface area contributed by atoms with Crippen LogP contribution in [0.15, 0.2) is 63.9 Å². The van der Waals surface area contributed by atoms with E-state index >= 15 is 0 Å². The van der Waals surface area contributed by atoms with Gasteiger partial charge in [-0.1, -0.05) is 46.3 Å². The largest absolute Gasteiger partial charge is 0.325 e. The number of carbonyl (C=O) groups excluding carboxylic acids is 1. The number of nitrogens with zero attached hydrogens (tertiary/aromatic N) is 1. The molecule has 0 atom stereocenters. The monoisotopic (exact) mass is 494 g/mol. The number of nitro groups is 1. The maximum Gasteiger partial charge on any atom is 0.276 e. The van der Waals surface area contributed by atoms with Gasteiger partial charge in [0.25, 0.3) is 11.2 Å². The van der Waals surface area contributed by atoms with Crippen molar-refractivity contribution < 1.29 is 14.1 Å². The first-order valence-corrected chi connectivity index (χ1v) is 10.5. The predicted octanol–water partition coefficient (Wildman–Crippen LogP) is 5.67. The molecule has 0 saturated carbocycles. The third kappa shape index (κ3) is 4.09. The number of fused-ring (bicyclic) bond motifs is 1. The summed E-state index contributed by atoms with van der Waals surface area (Å²) in [5.74, 6) is -1.24. The Labute approximate surface area is 190 Å². The molecule has 160 valence electrons. The van der Waals surface area contributed by atoms with Gasteiger partial charge < -0.3 is 4.98 Å². The van der Waals surface area contributed by atoms with Gasteiger partial charge in [-0.15, -0.1) is 0 Å². The van der Waals surface area contributed by atoms with Crippen LogP contribution in [0.5, 0.6) is 0 Å². The predicted molar refractivity (Wildman–Crippen MR) is 124 cm³/mol. The summed E-state index contributed by atoms with van der Waals surface area (Å²) in [5.41, 5.74) is 0.720. The van der Waals surface area contributed by atoms with E-state index < -0.39 is 22.1 Å². The summed E-state index contributed by atoms with van der Waals surface area (Å²) in [4.78, 5) is 39.5. The lowest BCUT2D eigenvalue weighted by Crippen LogP contribution is -2.23. The number of aromatic nitrogens is 1. The van der Waals surface area contributed by atoms with E-state index in [4.69, 9.17) is 0 Å². The molecular weight excluding hydrogens is 479 g/mol. The molecule has 32 heavy (non-hydrogen) atoms. The molecule has 3 aromatic rings. The van der Waals surface area contributed by atoms with Crippen LogP contribution in [0.4, 0.5) is 10.1 Å². The highest BCUT2D eigenvalue weighted by Gasteiger charge is 2.25. The second-order valence-corrected chi connectivity index (χ2v) is 8.20. The number of H-pyrrole nitrogens is 1. The Balaban J connectivity index is 1.91. The van der Waals surface area contributed by atoms with Crippen molar-refractivity contribution >= 4 is 39.6 Å². The number of allylic oxidation sites excluding steroid dienone is 2. The number of benzene rings is 2. The van der Waals surface area contributed by atoms with E-state index in [0.29, 0.717) is 24.1 Å². The SMILES string of the molecule is O=C(C=Cc1ccccc1[N+](=O)[O-])c1c(-c2ccccc2F)c2c([nH]c1=O)CCC(Br)=C2. The Bertz CT molecular complexity index is 1370. The van der Waals surface area contributed by atoms with Crippen molar-refractivity contribution in [1.82, 2.24) is 4.98 Å². The summed E-state index contributed by atoms with van der Waals surface area (Å²) in [7, 11) is 0. The van der Waals surface area contributed by atoms with Crippen LogP contribution in [0.3, 0.4) is 0 Å². The molecule has 0 aliphatic heterocycles. The third-order valence-corrected chi connectivity index (χ3v) is 5.81. The number of pyridine rings is 1. The van der Waals surface area contributed by atoms with Gasteiger partial charge in [0.15, 0.2) is 5.78 Å². The van der Waals surface area contributed by atoms with Crippen LogP contribution in [0.2, 0.25) is 0 Å². The Morgan fingerprint density at radius 2 is 1.84 bits per heavy atom. The van der Waals surface area contributed by atoms with E-state index in [-0.39, 0.29) is 27.9 Å². The quantitative estimate of drug-likeness (QED) is 0.214. The maximum absolute atomic E-state index is 14.8. The Morgan fingerprint density at radius 1 is 1.12 bits per heavy atom. The van der Waals surface area contributed by atoms with Crippen molar-refractivity contribution in [2.45, 2.75) is 12.8 Å². The van der Waals surface area contributed by atoms with Gasteiger partial charge in [-0.25, -0.2) is 4.39 Å². The number of hydrogen-bond donors (Lipinski definition) is 1. The lowest BCUT2D eigenvalue weighted by atomic mass is 9.88. The number of nitro benzene ring substituents is 1. The Kier molecular flexibility index (Phi) is 5.96. The van der Waals surface area contributed by atoms with Crippen LogP contribution >= 0.6 is 15.9 Å². The molecule has 0 bridgehead atoms. The maximum atomic E-state index is 14.8. The third-order valence-electron chi connectivity index (χ3n) is 5.19. The number of rotatable bonds is 5. The first-order valence-electron chi connectivity index (χ1n) is 9.72. The number of halogens is 2. The Morgan fingerprint density at radius 3 is 2.59 bits per heavy atom. The smallest absolute Gasteiger partial charge is 0.276 e. The molecule has 1 N–H and O–H groups in total. The van der Waals surface area contributed by atoms with Crippen LogP contribution in [0.1, 0.15) is 33.6 Å². The summed E-state index contributed by atoms with van der Waals surface area (Å²) < 4.78 is 15.6. The highest BCUT2D eigenvalue weighted by atomic mass is 79.9. The zero-order chi connectivity index (χ0) is 22.8. The Hall–Kier alpha value is -3.65. The second-order valence-electron chi connectivity index (χ2n) is 7.18. The summed E-state index contributed by atoms with van der Waals surface area (Å²) in [5, 5.41) is 11.2. The molecule has 0 unspecified atom stereocenters. The molecule has 1 aromatic heterocycles. The average Bonchev–Trinajstić information content (AvgIpc) is 2.77. The number of aryl methyl sites for hydroxylation is 1. The van der Waals surface area contributed by atoms with Crippen molar-refractivity contribution in [3.8, 4) is 11.1 Å². The number of ketones is 1. The van der Waals surface area contributed by atoms with Crippen molar-refractivity contribution in [2.75, 3.05) is 0 Å². The van der Waals surface area contributed by atoms with Gasteiger partial charge in [-0.3, -0.25) is 19.7 Å². The first kappa shape index (κ1) is 21.6. The number of aromatic amines is 1. The fourth-order valence-corrected chi connectivity index (χ4v) is 4.15. The molecule has 0 saturated heterocycles. The fourth-order valence-electron chi connectivity index (χ4n) is 3.72. The normalized spacial score (nSPS) is 13.0. The topological polar surface area (TPSA) is 93.1 Å². The molecule has 0 spiro atoms. The molecule has 1 aliphatic carbocycles. The summed E-state index contributed by atoms with van der Waals surface area (Å²) in [6, 6.07) is 11.9. The fraction of sp³-hybridized carbons (Fsp3) is 0.0833. The molecule has 6 nitrogen and oxygen atoms in total. The van der Waals surface area contributed by atoms with Gasteiger partial charge in [0.2, 0.25) is 0 Å². The average molecular weight is 495 g/mol. The summed E-state index contributed by atoms with van der Waals surface area (Å²) in [6.07, 6.45) is 5.37. The van der Waals surface area contributed by atoms with E-state index in [1.807, 2.05) is 0 Å². The minimum absolute atomic E-state index is 0.135. The van der Waals surface area contributed by atoms with Crippen LogP contribution in [-0.4, -0.2) is 15.7 Å². The van der Waals surface area contributed by atoms with Crippen molar-refractivity contribution in [3.63, 3.8) is 0 Å². The molecular formula is C24H16BrFN2O4. The number of carbonyl (C=O) groups is 1. The van der Waals surface area contributed by atoms with E-state index in [9.17, 15) is 24.1 Å². The molecule has 8 heteroatoms. The molecule has 2 aromatic carbocycles. The molecule has 0 amide bonds. The highest BCUT2D eigenvalue weighted by molar-refractivity contribution is 9.11. The van der Waals surface area contributed by atoms with Gasteiger partial charge in [-0.05, 0) is 47.7 Å². The summed E-state index contributed by atoms with van der Waals surface area (Å²) in [6.45, 7) is 0. The zero-order valence-corrected chi connectivity index (χ0v) is 18.2. The van der Waals surface area contributed by atoms with E-state index in [1.54, 1.807) is 18.2 Å². The second kappa shape index (κ2) is 8.84.